The highest BCUT2D eigenvalue weighted by molar-refractivity contribution is 7.88. The van der Waals surface area contributed by atoms with Gasteiger partial charge in [0.2, 0.25) is 10.0 Å². The van der Waals surface area contributed by atoms with Gasteiger partial charge in [-0.2, -0.15) is 4.31 Å². The Labute approximate surface area is 134 Å². The Kier molecular flexibility index (Phi) is 4.03. The van der Waals surface area contributed by atoms with Gasteiger partial charge in [-0.3, -0.25) is 9.59 Å². The number of hydrogen-bond donors (Lipinski definition) is 0. The monoisotopic (exact) mass is 341 g/mol. The van der Waals surface area contributed by atoms with E-state index in [1.54, 1.807) is 19.3 Å². The first-order valence-electron chi connectivity index (χ1n) is 7.32. The normalized spacial score (nSPS) is 25.4. The lowest BCUT2D eigenvalue weighted by atomic mass is 10.2. The molecule has 2 fully saturated rings. The lowest BCUT2D eigenvalue weighted by Crippen LogP contribution is -2.52. The van der Waals surface area contributed by atoms with Crippen LogP contribution in [-0.2, 0) is 21.8 Å². The van der Waals surface area contributed by atoms with Gasteiger partial charge in [0.25, 0.3) is 11.5 Å². The van der Waals surface area contributed by atoms with E-state index < -0.39 is 22.0 Å². The van der Waals surface area contributed by atoms with Crippen LogP contribution in [0.3, 0.4) is 0 Å². The Morgan fingerprint density at radius 1 is 1.35 bits per heavy atom. The van der Waals surface area contributed by atoms with Gasteiger partial charge >= 0.3 is 0 Å². The van der Waals surface area contributed by atoms with Crippen LogP contribution in [0.1, 0.15) is 10.4 Å². The zero-order valence-corrected chi connectivity index (χ0v) is 13.8. The molecule has 2 saturated heterocycles. The third kappa shape index (κ3) is 2.91. The van der Waals surface area contributed by atoms with Gasteiger partial charge in [-0.1, -0.05) is 0 Å². The van der Waals surface area contributed by atoms with Gasteiger partial charge in [0, 0.05) is 32.9 Å². The van der Waals surface area contributed by atoms with Crippen LogP contribution >= 0.6 is 0 Å². The number of rotatable bonds is 2. The van der Waals surface area contributed by atoms with Crippen LogP contribution in [0.2, 0.25) is 0 Å². The molecule has 1 aromatic rings. The first-order chi connectivity index (χ1) is 10.8. The van der Waals surface area contributed by atoms with Crippen molar-refractivity contribution in [1.29, 1.82) is 0 Å². The number of hydrogen-bond acceptors (Lipinski definition) is 5. The molecule has 8 nitrogen and oxygen atoms in total. The quantitative estimate of drug-likeness (QED) is 0.679. The molecule has 0 N–H and O–H groups in total. The fraction of sp³-hybridized carbons (Fsp3) is 0.571. The van der Waals surface area contributed by atoms with E-state index in [2.05, 4.69) is 0 Å². The molecule has 9 heteroatoms. The average Bonchev–Trinajstić information content (AvgIpc) is 2.92. The molecule has 0 bridgehead atoms. The van der Waals surface area contributed by atoms with E-state index in [1.165, 1.54) is 19.8 Å². The summed E-state index contributed by atoms with van der Waals surface area (Å²) < 4.78 is 32.1. The predicted molar refractivity (Wildman–Crippen MR) is 82.7 cm³/mol. The lowest BCUT2D eigenvalue weighted by Gasteiger charge is -2.34. The summed E-state index contributed by atoms with van der Waals surface area (Å²) in [4.78, 5) is 26.2. The van der Waals surface area contributed by atoms with E-state index >= 15 is 0 Å². The molecule has 0 unspecified atom stereocenters. The first kappa shape index (κ1) is 16.2. The number of morpholine rings is 1. The highest BCUT2D eigenvalue weighted by Crippen LogP contribution is 2.25. The molecule has 3 rings (SSSR count). The molecule has 0 aromatic carbocycles. The number of carbonyl (C=O) groups is 1. The second-order valence-electron chi connectivity index (χ2n) is 5.90. The van der Waals surface area contributed by atoms with Gasteiger partial charge in [0.15, 0.2) is 0 Å². The Balaban J connectivity index is 1.85. The van der Waals surface area contributed by atoms with Crippen molar-refractivity contribution in [3.8, 4) is 0 Å². The molecule has 1 aromatic heterocycles. The molecule has 0 saturated carbocycles. The van der Waals surface area contributed by atoms with Crippen molar-refractivity contribution in [2.24, 2.45) is 7.05 Å². The maximum atomic E-state index is 12.6. The molecule has 2 aliphatic heterocycles. The average molecular weight is 341 g/mol. The van der Waals surface area contributed by atoms with Gasteiger partial charge in [0.1, 0.15) is 5.56 Å². The van der Waals surface area contributed by atoms with E-state index in [0.29, 0.717) is 6.61 Å². The van der Waals surface area contributed by atoms with E-state index in [9.17, 15) is 18.0 Å². The minimum atomic E-state index is -3.36. The summed E-state index contributed by atoms with van der Waals surface area (Å²) in [6.45, 7) is 1.11. The van der Waals surface area contributed by atoms with Gasteiger partial charge < -0.3 is 14.2 Å². The second kappa shape index (κ2) is 5.73. The molecular weight excluding hydrogens is 322 g/mol. The van der Waals surface area contributed by atoms with E-state index in [4.69, 9.17) is 4.74 Å². The molecule has 3 heterocycles. The number of likely N-dealkylation sites (tertiary alicyclic amines) is 1. The SMILES string of the molecule is Cn1cccc(C(=O)N2C[C@@H]3OCCN(S(C)(=O)=O)[C@@H]3C2)c1=O. The highest BCUT2D eigenvalue weighted by atomic mass is 32.2. The third-order valence-electron chi connectivity index (χ3n) is 4.32. The lowest BCUT2D eigenvalue weighted by molar-refractivity contribution is -0.0157. The van der Waals surface area contributed by atoms with Crippen LogP contribution in [0, 0.1) is 0 Å². The molecule has 2 atom stereocenters. The molecule has 0 aliphatic carbocycles. The Bertz CT molecular complexity index is 788. The van der Waals surface area contributed by atoms with Crippen LogP contribution in [0.4, 0.5) is 0 Å². The largest absolute Gasteiger partial charge is 0.373 e. The Morgan fingerprint density at radius 2 is 2.09 bits per heavy atom. The molecule has 0 spiro atoms. The zero-order valence-electron chi connectivity index (χ0n) is 13.0. The summed E-state index contributed by atoms with van der Waals surface area (Å²) in [7, 11) is -1.78. The van der Waals surface area contributed by atoms with Crippen LogP contribution in [-0.4, -0.2) is 72.7 Å². The summed E-state index contributed by atoms with van der Waals surface area (Å²) in [6.07, 6.45) is 2.39. The van der Waals surface area contributed by atoms with Crippen molar-refractivity contribution in [3.63, 3.8) is 0 Å². The number of fused-ring (bicyclic) bond motifs is 1. The van der Waals surface area contributed by atoms with E-state index in [1.807, 2.05) is 0 Å². The van der Waals surface area contributed by atoms with Gasteiger partial charge in [-0.05, 0) is 12.1 Å². The van der Waals surface area contributed by atoms with Crippen molar-refractivity contribution in [3.05, 3.63) is 34.2 Å². The third-order valence-corrected chi connectivity index (χ3v) is 5.62. The molecule has 23 heavy (non-hydrogen) atoms. The minimum Gasteiger partial charge on any atom is -0.373 e. The predicted octanol–water partition coefficient (Wildman–Crippen LogP) is -1.13. The first-order valence-corrected chi connectivity index (χ1v) is 9.17. The Morgan fingerprint density at radius 3 is 2.78 bits per heavy atom. The number of amides is 1. The van der Waals surface area contributed by atoms with Crippen molar-refractivity contribution >= 4 is 15.9 Å². The number of aryl methyl sites for hydroxylation is 1. The van der Waals surface area contributed by atoms with Crippen molar-refractivity contribution < 1.29 is 17.9 Å². The van der Waals surface area contributed by atoms with Crippen LogP contribution in [0.5, 0.6) is 0 Å². The molecule has 1 amide bonds. The Hall–Kier alpha value is -1.71. The van der Waals surface area contributed by atoms with Crippen LogP contribution < -0.4 is 5.56 Å². The summed E-state index contributed by atoms with van der Waals surface area (Å²) in [5.41, 5.74) is -0.284. The van der Waals surface area contributed by atoms with Crippen molar-refractivity contribution in [2.75, 3.05) is 32.5 Å². The second-order valence-corrected chi connectivity index (χ2v) is 7.83. The fourth-order valence-corrected chi connectivity index (χ4v) is 4.27. The number of ether oxygens (including phenoxy) is 1. The van der Waals surface area contributed by atoms with Crippen LogP contribution in [0.25, 0.3) is 0 Å². The topological polar surface area (TPSA) is 88.9 Å². The maximum absolute atomic E-state index is 12.6. The van der Waals surface area contributed by atoms with Gasteiger partial charge in [-0.15, -0.1) is 0 Å². The van der Waals surface area contributed by atoms with Crippen molar-refractivity contribution in [2.45, 2.75) is 12.1 Å². The summed E-state index contributed by atoms with van der Waals surface area (Å²) in [5.74, 6) is -0.391. The number of aromatic nitrogens is 1. The number of nitrogens with zero attached hydrogens (tertiary/aromatic N) is 3. The molecular formula is C14H19N3O5S. The molecule has 0 radical (unpaired) electrons. The smallest absolute Gasteiger partial charge is 0.263 e. The number of sulfonamides is 1. The maximum Gasteiger partial charge on any atom is 0.263 e. The van der Waals surface area contributed by atoms with Gasteiger partial charge in [0.05, 0.1) is 25.0 Å². The fourth-order valence-electron chi connectivity index (χ4n) is 3.16. The summed E-state index contributed by atoms with van der Waals surface area (Å²) >= 11 is 0. The zero-order chi connectivity index (χ0) is 16.8. The van der Waals surface area contributed by atoms with Crippen LogP contribution in [0.15, 0.2) is 23.1 Å². The van der Waals surface area contributed by atoms with Gasteiger partial charge in [-0.25, -0.2) is 8.42 Å². The van der Waals surface area contributed by atoms with Crippen molar-refractivity contribution in [1.82, 2.24) is 13.8 Å². The highest BCUT2D eigenvalue weighted by Gasteiger charge is 2.45. The summed E-state index contributed by atoms with van der Waals surface area (Å²) in [6, 6.07) is 2.73. The minimum absolute atomic E-state index is 0.0829. The number of pyridine rings is 1. The number of carbonyl (C=O) groups excluding carboxylic acids is 1. The van der Waals surface area contributed by atoms with E-state index in [-0.39, 0.29) is 36.9 Å². The van der Waals surface area contributed by atoms with E-state index in [0.717, 1.165) is 6.26 Å². The standard InChI is InChI=1S/C14H19N3O5S/c1-15-5-3-4-10(13(15)18)14(19)16-8-11-12(9-16)22-7-6-17(11)23(2,20)21/h3-5,11-12H,6-9H2,1-2H3/t11-,12+/m1/s1. The summed E-state index contributed by atoms with van der Waals surface area (Å²) in [5, 5.41) is 0. The molecule has 126 valence electrons. The molecule has 2 aliphatic rings.